The van der Waals surface area contributed by atoms with Crippen molar-refractivity contribution in [3.63, 3.8) is 0 Å². The van der Waals surface area contributed by atoms with Crippen LogP contribution < -0.4 is 5.32 Å². The van der Waals surface area contributed by atoms with E-state index in [1.807, 2.05) is 12.3 Å². The van der Waals surface area contributed by atoms with Crippen molar-refractivity contribution in [3.05, 3.63) is 16.1 Å². The van der Waals surface area contributed by atoms with Crippen LogP contribution in [0.15, 0.2) is 5.38 Å². The first-order valence-electron chi connectivity index (χ1n) is 6.14. The molecule has 8 heteroatoms. The molecule has 1 aromatic heterocycles. The Morgan fingerprint density at radius 2 is 2.30 bits per heavy atom. The van der Waals surface area contributed by atoms with Gasteiger partial charge in [0.05, 0.1) is 10.7 Å². The summed E-state index contributed by atoms with van der Waals surface area (Å²) in [6.45, 7) is 1.68. The van der Waals surface area contributed by atoms with Crippen molar-refractivity contribution in [2.75, 3.05) is 12.4 Å². The van der Waals surface area contributed by atoms with Crippen molar-refractivity contribution in [1.82, 2.24) is 10.3 Å². The van der Waals surface area contributed by atoms with E-state index in [9.17, 15) is 9.59 Å². The molecular formula is C12H18N2O4S2. The van der Waals surface area contributed by atoms with Crippen molar-refractivity contribution in [2.45, 2.75) is 31.6 Å². The summed E-state index contributed by atoms with van der Waals surface area (Å²) in [5, 5.41) is 23.0. The number of nitrogens with one attached hydrogen (secondary N) is 1. The van der Waals surface area contributed by atoms with Crippen LogP contribution in [0.3, 0.4) is 0 Å². The van der Waals surface area contributed by atoms with E-state index in [0.29, 0.717) is 5.75 Å². The lowest BCUT2D eigenvalue weighted by Gasteiger charge is -2.12. The van der Waals surface area contributed by atoms with Gasteiger partial charge in [0.15, 0.2) is 0 Å². The zero-order valence-corrected chi connectivity index (χ0v) is 12.8. The molecule has 112 valence electrons. The number of carbonyl (C=O) groups excluding carboxylic acids is 1. The highest BCUT2D eigenvalue weighted by Crippen LogP contribution is 2.15. The quantitative estimate of drug-likeness (QED) is 0.588. The monoisotopic (exact) mass is 318 g/mol. The minimum Gasteiger partial charge on any atom is -0.480 e. The molecule has 0 aliphatic rings. The molecule has 6 nitrogen and oxygen atoms in total. The molecule has 0 bridgehead atoms. The van der Waals surface area contributed by atoms with Gasteiger partial charge in [0.1, 0.15) is 6.04 Å². The van der Waals surface area contributed by atoms with Crippen molar-refractivity contribution >= 4 is 35.0 Å². The van der Waals surface area contributed by atoms with Gasteiger partial charge in [-0.15, -0.1) is 11.3 Å². The summed E-state index contributed by atoms with van der Waals surface area (Å²) < 4.78 is 0. The van der Waals surface area contributed by atoms with E-state index in [4.69, 9.17) is 10.2 Å². The van der Waals surface area contributed by atoms with E-state index in [2.05, 4.69) is 10.3 Å². The fourth-order valence-corrected chi connectivity index (χ4v) is 3.02. The molecule has 0 saturated carbocycles. The Balaban J connectivity index is 2.20. The standard InChI is InChI=1S/C12H18N2O4S2/c1-8-13-9(7-20-8)6-19-5-3-11(16)14-10(2-4-15)12(17)18/h7,10,15H,2-6H2,1H3,(H,14,16)(H,17,18). The van der Waals surface area contributed by atoms with Crippen LogP contribution in [-0.4, -0.2) is 45.5 Å². The minimum absolute atomic E-state index is 0.0202. The third-order valence-electron chi connectivity index (χ3n) is 2.44. The number of carbonyl (C=O) groups is 2. The molecule has 0 radical (unpaired) electrons. The van der Waals surface area contributed by atoms with E-state index in [-0.39, 0.29) is 25.4 Å². The van der Waals surface area contributed by atoms with Crippen LogP contribution >= 0.6 is 23.1 Å². The van der Waals surface area contributed by atoms with Crippen LogP contribution in [0, 0.1) is 6.92 Å². The molecule has 1 heterocycles. The zero-order chi connectivity index (χ0) is 15.0. The summed E-state index contributed by atoms with van der Waals surface area (Å²) in [5.41, 5.74) is 1.00. The lowest BCUT2D eigenvalue weighted by atomic mass is 10.2. The molecule has 0 aliphatic carbocycles. The normalized spacial score (nSPS) is 12.1. The van der Waals surface area contributed by atoms with Crippen molar-refractivity contribution in [2.24, 2.45) is 0 Å². The van der Waals surface area contributed by atoms with E-state index < -0.39 is 12.0 Å². The number of hydrogen-bond acceptors (Lipinski definition) is 6. The maximum absolute atomic E-state index is 11.6. The average molecular weight is 318 g/mol. The predicted molar refractivity (Wildman–Crippen MR) is 78.9 cm³/mol. The fourth-order valence-electron chi connectivity index (χ4n) is 1.47. The van der Waals surface area contributed by atoms with Gasteiger partial charge >= 0.3 is 5.97 Å². The molecule has 0 saturated heterocycles. The second-order valence-corrected chi connectivity index (χ2v) is 6.30. The predicted octanol–water partition coefficient (Wildman–Crippen LogP) is 1.03. The highest BCUT2D eigenvalue weighted by Gasteiger charge is 2.18. The van der Waals surface area contributed by atoms with E-state index >= 15 is 0 Å². The number of thioether (sulfide) groups is 1. The lowest BCUT2D eigenvalue weighted by molar-refractivity contribution is -0.142. The van der Waals surface area contributed by atoms with Gasteiger partial charge in [0, 0.05) is 36.3 Å². The number of carboxylic acids is 1. The Labute approximate surface area is 125 Å². The zero-order valence-electron chi connectivity index (χ0n) is 11.2. The second kappa shape index (κ2) is 8.93. The number of rotatable bonds is 9. The number of hydrogen-bond donors (Lipinski definition) is 3. The minimum atomic E-state index is -1.13. The number of aliphatic carboxylic acids is 1. The van der Waals surface area contributed by atoms with E-state index in [1.165, 1.54) is 0 Å². The third kappa shape index (κ3) is 6.36. The molecule has 1 rings (SSSR count). The SMILES string of the molecule is Cc1nc(CSCCC(=O)NC(CCO)C(=O)O)cs1. The van der Waals surface area contributed by atoms with Gasteiger partial charge in [-0.2, -0.15) is 11.8 Å². The molecule has 1 amide bonds. The van der Waals surface area contributed by atoms with Gasteiger partial charge in [0.25, 0.3) is 0 Å². The molecule has 1 aromatic rings. The Morgan fingerprint density at radius 1 is 1.55 bits per heavy atom. The second-order valence-electron chi connectivity index (χ2n) is 4.13. The molecule has 20 heavy (non-hydrogen) atoms. The Kier molecular flexibility index (Phi) is 7.56. The van der Waals surface area contributed by atoms with Crippen molar-refractivity contribution in [3.8, 4) is 0 Å². The number of aliphatic hydroxyl groups is 1. The van der Waals surface area contributed by atoms with Gasteiger partial charge in [-0.1, -0.05) is 0 Å². The molecule has 1 atom stereocenters. The van der Waals surface area contributed by atoms with Gasteiger partial charge in [-0.05, 0) is 6.92 Å². The van der Waals surface area contributed by atoms with Crippen LogP contribution in [0.4, 0.5) is 0 Å². The average Bonchev–Trinajstić information content (AvgIpc) is 2.80. The van der Waals surface area contributed by atoms with Gasteiger partial charge in [-0.25, -0.2) is 9.78 Å². The lowest BCUT2D eigenvalue weighted by Crippen LogP contribution is -2.41. The molecule has 0 aliphatic heterocycles. The van der Waals surface area contributed by atoms with Crippen LogP contribution in [0.5, 0.6) is 0 Å². The summed E-state index contributed by atoms with van der Waals surface area (Å²) in [6, 6.07) is -1.02. The maximum Gasteiger partial charge on any atom is 0.326 e. The van der Waals surface area contributed by atoms with Crippen LogP contribution in [0.1, 0.15) is 23.5 Å². The summed E-state index contributed by atoms with van der Waals surface area (Å²) in [4.78, 5) is 26.7. The van der Waals surface area contributed by atoms with Crippen LogP contribution in [0.2, 0.25) is 0 Å². The highest BCUT2D eigenvalue weighted by atomic mass is 32.2. The van der Waals surface area contributed by atoms with Crippen molar-refractivity contribution < 1.29 is 19.8 Å². The van der Waals surface area contributed by atoms with E-state index in [1.54, 1.807) is 23.1 Å². The van der Waals surface area contributed by atoms with Gasteiger partial charge in [-0.3, -0.25) is 4.79 Å². The number of carboxylic acid groups (broad SMARTS) is 1. The van der Waals surface area contributed by atoms with Gasteiger partial charge in [0.2, 0.25) is 5.91 Å². The Morgan fingerprint density at radius 3 is 2.85 bits per heavy atom. The summed E-state index contributed by atoms with van der Waals surface area (Å²) in [7, 11) is 0. The number of aliphatic hydroxyl groups excluding tert-OH is 1. The topological polar surface area (TPSA) is 99.5 Å². The van der Waals surface area contributed by atoms with Gasteiger partial charge < -0.3 is 15.5 Å². The maximum atomic E-state index is 11.6. The highest BCUT2D eigenvalue weighted by molar-refractivity contribution is 7.98. The number of thiazole rings is 1. The largest absolute Gasteiger partial charge is 0.480 e. The smallest absolute Gasteiger partial charge is 0.326 e. The molecule has 0 fully saturated rings. The molecule has 3 N–H and O–H groups in total. The first-order valence-corrected chi connectivity index (χ1v) is 8.18. The number of amides is 1. The molecule has 1 unspecified atom stereocenters. The molecular weight excluding hydrogens is 300 g/mol. The molecule has 0 aromatic carbocycles. The van der Waals surface area contributed by atoms with Crippen LogP contribution in [-0.2, 0) is 15.3 Å². The third-order valence-corrected chi connectivity index (χ3v) is 4.26. The fraction of sp³-hybridized carbons (Fsp3) is 0.583. The number of aryl methyl sites for hydroxylation is 1. The Bertz CT molecular complexity index is 450. The number of nitrogens with zero attached hydrogens (tertiary/aromatic N) is 1. The summed E-state index contributed by atoms with van der Waals surface area (Å²) in [6.07, 6.45) is 0.273. The number of aromatic nitrogens is 1. The first kappa shape index (κ1) is 16.9. The summed E-state index contributed by atoms with van der Waals surface area (Å²) >= 11 is 3.18. The van der Waals surface area contributed by atoms with Crippen molar-refractivity contribution in [1.29, 1.82) is 0 Å². The van der Waals surface area contributed by atoms with E-state index in [0.717, 1.165) is 16.5 Å². The summed E-state index contributed by atoms with van der Waals surface area (Å²) in [5.74, 6) is -0.0874. The molecule has 0 spiro atoms. The first-order chi connectivity index (χ1) is 9.52. The Hall–Kier alpha value is -1.12. The van der Waals surface area contributed by atoms with Crippen LogP contribution in [0.25, 0.3) is 0 Å².